The molecule has 0 bridgehead atoms. The first-order chi connectivity index (χ1) is 10.3. The quantitative estimate of drug-likeness (QED) is 0.867. The summed E-state index contributed by atoms with van der Waals surface area (Å²) < 4.78 is 28.8. The number of aliphatic carboxylic acids is 1. The predicted molar refractivity (Wildman–Crippen MR) is 83.1 cm³/mol. The third kappa shape index (κ3) is 4.34. The third-order valence-corrected chi connectivity index (χ3v) is 5.62. The van der Waals surface area contributed by atoms with E-state index < -0.39 is 21.8 Å². The lowest BCUT2D eigenvalue weighted by molar-refractivity contribution is -0.138. The largest absolute Gasteiger partial charge is 0.496 e. The van der Waals surface area contributed by atoms with Gasteiger partial charge in [-0.1, -0.05) is 17.7 Å². The molecule has 0 saturated carbocycles. The highest BCUT2D eigenvalue weighted by Gasteiger charge is 2.32. The molecule has 1 aliphatic heterocycles. The minimum absolute atomic E-state index is 0.0407. The van der Waals surface area contributed by atoms with Crippen molar-refractivity contribution in [2.45, 2.75) is 19.0 Å². The van der Waals surface area contributed by atoms with Crippen molar-refractivity contribution in [3.8, 4) is 5.75 Å². The molecule has 0 radical (unpaired) electrons. The van der Waals surface area contributed by atoms with Crippen molar-refractivity contribution in [3.63, 3.8) is 0 Å². The summed E-state index contributed by atoms with van der Waals surface area (Å²) in [4.78, 5) is 12.9. The number of hydrogen-bond donors (Lipinski definition) is 1. The monoisotopic (exact) mass is 347 g/mol. The highest BCUT2D eigenvalue weighted by atomic mass is 35.5. The molecule has 1 aliphatic rings. The zero-order chi connectivity index (χ0) is 16.3. The summed E-state index contributed by atoms with van der Waals surface area (Å²) in [7, 11) is -1.65. The first kappa shape index (κ1) is 17.1. The van der Waals surface area contributed by atoms with Gasteiger partial charge in [-0.3, -0.25) is 9.69 Å². The molecule has 6 nitrogen and oxygen atoms in total. The van der Waals surface area contributed by atoms with Gasteiger partial charge >= 0.3 is 5.97 Å². The van der Waals surface area contributed by atoms with Gasteiger partial charge in [-0.15, -0.1) is 0 Å². The molecule has 22 heavy (non-hydrogen) atoms. The molecular weight excluding hydrogens is 330 g/mol. The molecule has 1 atom stereocenters. The van der Waals surface area contributed by atoms with Crippen LogP contribution in [0.5, 0.6) is 5.75 Å². The summed E-state index contributed by atoms with van der Waals surface area (Å²) in [5, 5.41) is 9.54. The standard InChI is InChI=1S/C14H18ClNO5S/c1-21-13-6-11(15)3-2-10(13)8-16-4-5-22(19,20)9-12(16)7-14(17)18/h2-3,6,12H,4-5,7-9H2,1H3,(H,17,18). The molecule has 0 spiro atoms. The van der Waals surface area contributed by atoms with Crippen LogP contribution in [0, 0.1) is 0 Å². The first-order valence-corrected chi connectivity index (χ1v) is 8.99. The fourth-order valence-corrected chi connectivity index (χ4v) is 4.34. The smallest absolute Gasteiger partial charge is 0.304 e. The van der Waals surface area contributed by atoms with Gasteiger partial charge in [0.05, 0.1) is 25.0 Å². The Morgan fingerprint density at radius 3 is 2.86 bits per heavy atom. The van der Waals surface area contributed by atoms with Gasteiger partial charge in [-0.05, 0) is 12.1 Å². The Bertz CT molecular complexity index is 661. The highest BCUT2D eigenvalue weighted by molar-refractivity contribution is 7.91. The molecular formula is C14H18ClNO5S. The zero-order valence-corrected chi connectivity index (χ0v) is 13.7. The van der Waals surface area contributed by atoms with Crippen molar-refractivity contribution in [2.75, 3.05) is 25.2 Å². The van der Waals surface area contributed by atoms with E-state index in [2.05, 4.69) is 0 Å². The van der Waals surface area contributed by atoms with Crippen molar-refractivity contribution in [3.05, 3.63) is 28.8 Å². The van der Waals surface area contributed by atoms with Crippen molar-refractivity contribution in [2.24, 2.45) is 0 Å². The number of methoxy groups -OCH3 is 1. The fraction of sp³-hybridized carbons (Fsp3) is 0.500. The lowest BCUT2D eigenvalue weighted by Crippen LogP contribution is -2.48. The second-order valence-electron chi connectivity index (χ2n) is 5.29. The van der Waals surface area contributed by atoms with Gasteiger partial charge < -0.3 is 9.84 Å². The number of nitrogens with zero attached hydrogens (tertiary/aromatic N) is 1. The number of rotatable bonds is 5. The molecule has 0 aromatic heterocycles. The van der Waals surface area contributed by atoms with Gasteiger partial charge in [0.2, 0.25) is 0 Å². The second kappa shape index (κ2) is 6.85. The van der Waals surface area contributed by atoms with Gasteiger partial charge in [-0.25, -0.2) is 8.42 Å². The Balaban J connectivity index is 2.21. The van der Waals surface area contributed by atoms with E-state index in [-0.39, 0.29) is 17.9 Å². The second-order valence-corrected chi connectivity index (χ2v) is 7.96. The highest BCUT2D eigenvalue weighted by Crippen LogP contribution is 2.26. The van der Waals surface area contributed by atoms with Crippen LogP contribution in [0.4, 0.5) is 0 Å². The molecule has 1 aromatic carbocycles. The van der Waals surface area contributed by atoms with Gasteiger partial charge in [0.25, 0.3) is 0 Å². The third-order valence-electron chi connectivity index (χ3n) is 3.69. The van der Waals surface area contributed by atoms with Gasteiger partial charge in [0.15, 0.2) is 9.84 Å². The number of carboxylic acid groups (broad SMARTS) is 1. The van der Waals surface area contributed by atoms with Crippen LogP contribution in [-0.4, -0.2) is 55.6 Å². The lowest BCUT2D eigenvalue weighted by atomic mass is 10.1. The van der Waals surface area contributed by atoms with E-state index in [1.54, 1.807) is 12.1 Å². The normalized spacial score (nSPS) is 21.5. The average molecular weight is 348 g/mol. The van der Waals surface area contributed by atoms with Crippen LogP contribution >= 0.6 is 11.6 Å². The Hall–Kier alpha value is -1.31. The summed E-state index contributed by atoms with van der Waals surface area (Å²) in [6.07, 6.45) is -0.199. The maximum atomic E-state index is 11.7. The van der Waals surface area contributed by atoms with Gasteiger partial charge in [0, 0.05) is 29.7 Å². The molecule has 122 valence electrons. The Morgan fingerprint density at radius 1 is 1.50 bits per heavy atom. The van der Waals surface area contributed by atoms with Gasteiger partial charge in [-0.2, -0.15) is 0 Å². The van der Waals surface area contributed by atoms with Crippen molar-refractivity contribution < 1.29 is 23.1 Å². The Morgan fingerprint density at radius 2 is 2.23 bits per heavy atom. The first-order valence-electron chi connectivity index (χ1n) is 6.79. The van der Waals surface area contributed by atoms with Gasteiger partial charge in [0.1, 0.15) is 5.75 Å². The van der Waals surface area contributed by atoms with Crippen LogP contribution < -0.4 is 4.74 Å². The SMILES string of the molecule is COc1cc(Cl)ccc1CN1CCS(=O)(=O)CC1CC(=O)O. The molecule has 0 amide bonds. The van der Waals surface area contributed by atoms with E-state index in [0.717, 1.165) is 5.56 Å². The molecule has 1 N–H and O–H groups in total. The van der Waals surface area contributed by atoms with Crippen molar-refractivity contribution in [1.29, 1.82) is 0 Å². The summed E-state index contributed by atoms with van der Waals surface area (Å²) >= 11 is 5.92. The number of carboxylic acids is 1. The number of halogens is 1. The number of benzene rings is 1. The summed E-state index contributed by atoms with van der Waals surface area (Å²) in [6.45, 7) is 0.736. The molecule has 1 unspecified atom stereocenters. The van der Waals surface area contributed by atoms with E-state index in [1.807, 2.05) is 11.0 Å². The molecule has 2 rings (SSSR count). The molecule has 1 aromatic rings. The van der Waals surface area contributed by atoms with Crippen LogP contribution in [0.3, 0.4) is 0 Å². The maximum absolute atomic E-state index is 11.7. The summed E-state index contributed by atoms with van der Waals surface area (Å²) in [6, 6.07) is 4.69. The van der Waals surface area contributed by atoms with Crippen molar-refractivity contribution >= 4 is 27.4 Å². The minimum atomic E-state index is -3.18. The van der Waals surface area contributed by atoms with Crippen LogP contribution in [0.2, 0.25) is 5.02 Å². The van der Waals surface area contributed by atoms with Crippen LogP contribution in [0.1, 0.15) is 12.0 Å². The molecule has 1 saturated heterocycles. The summed E-state index contributed by atoms with van der Waals surface area (Å²) in [5.41, 5.74) is 0.849. The summed E-state index contributed by atoms with van der Waals surface area (Å²) in [5.74, 6) is -0.487. The number of ether oxygens (including phenoxy) is 1. The molecule has 0 aliphatic carbocycles. The van der Waals surface area contributed by atoms with E-state index in [4.69, 9.17) is 21.4 Å². The maximum Gasteiger partial charge on any atom is 0.304 e. The van der Waals surface area contributed by atoms with Crippen LogP contribution in [0.15, 0.2) is 18.2 Å². The topological polar surface area (TPSA) is 83.9 Å². The van der Waals surface area contributed by atoms with Crippen molar-refractivity contribution in [1.82, 2.24) is 4.90 Å². The van der Waals surface area contributed by atoms with E-state index in [0.29, 0.717) is 23.9 Å². The molecule has 1 fully saturated rings. The Kier molecular flexibility index (Phi) is 5.31. The Labute approximate surface area is 134 Å². The molecule has 8 heteroatoms. The lowest BCUT2D eigenvalue weighted by Gasteiger charge is -2.34. The zero-order valence-electron chi connectivity index (χ0n) is 12.2. The number of hydrogen-bond acceptors (Lipinski definition) is 5. The van der Waals surface area contributed by atoms with E-state index in [1.165, 1.54) is 7.11 Å². The minimum Gasteiger partial charge on any atom is -0.496 e. The van der Waals surface area contributed by atoms with E-state index >= 15 is 0 Å². The van der Waals surface area contributed by atoms with Crippen LogP contribution in [0.25, 0.3) is 0 Å². The number of carbonyl (C=O) groups is 1. The molecule has 1 heterocycles. The predicted octanol–water partition coefficient (Wildman–Crippen LogP) is 1.42. The average Bonchev–Trinajstić information content (AvgIpc) is 2.42. The number of sulfone groups is 1. The van der Waals surface area contributed by atoms with E-state index in [9.17, 15) is 13.2 Å². The van der Waals surface area contributed by atoms with Crippen LogP contribution in [-0.2, 0) is 21.2 Å². The fourth-order valence-electron chi connectivity index (χ4n) is 2.59.